The number of rotatable bonds is 26. The summed E-state index contributed by atoms with van der Waals surface area (Å²) in [6.07, 6.45) is -12.3. The second kappa shape index (κ2) is 21.1. The Morgan fingerprint density at radius 2 is 0.776 bits per heavy atom. The molecule has 0 aliphatic heterocycles. The molecular formula is C26H48F6O13Si4. The van der Waals surface area contributed by atoms with Crippen molar-refractivity contribution in [2.45, 2.75) is 76.1 Å². The molecule has 0 heterocycles. The van der Waals surface area contributed by atoms with Crippen molar-refractivity contribution in [1.29, 1.82) is 0 Å². The third-order valence-electron chi connectivity index (χ3n) is 6.65. The molecule has 0 spiro atoms. The van der Waals surface area contributed by atoms with Crippen molar-refractivity contribution >= 4 is 47.2 Å². The average Bonchev–Trinajstić information content (AvgIpc) is 3.03. The van der Waals surface area contributed by atoms with E-state index in [-0.39, 0.29) is 43.2 Å². The third-order valence-corrected chi connectivity index (χ3v) is 21.5. The van der Waals surface area contributed by atoms with Crippen LogP contribution in [0.15, 0.2) is 24.3 Å². The van der Waals surface area contributed by atoms with E-state index < -0.39 is 90.5 Å². The number of carbonyl (C=O) groups is 2. The van der Waals surface area contributed by atoms with Crippen LogP contribution in [0.1, 0.15) is 39.5 Å². The maximum absolute atomic E-state index is 13.5. The van der Waals surface area contributed by atoms with E-state index >= 15 is 0 Å². The molecule has 0 fully saturated rings. The number of carbonyl (C=O) groups excluding carboxylic acids is 2. The Balaban J connectivity index is 7.26. The molecule has 0 aliphatic carbocycles. The van der Waals surface area contributed by atoms with Crippen LogP contribution in [0.2, 0.25) is 24.2 Å². The zero-order chi connectivity index (χ0) is 38.2. The summed E-state index contributed by atoms with van der Waals surface area (Å²) in [5.41, 5.74) is 0.205. The maximum Gasteiger partial charge on any atom is 0.493 e. The fourth-order valence-electron chi connectivity index (χ4n) is 3.93. The van der Waals surface area contributed by atoms with Crippen molar-refractivity contribution in [3.8, 4) is 0 Å². The lowest BCUT2D eigenvalue weighted by molar-refractivity contribution is -0.139. The summed E-state index contributed by atoms with van der Waals surface area (Å²) in [6, 6.07) is -2.22. The van der Waals surface area contributed by atoms with Crippen LogP contribution in [0.4, 0.5) is 26.3 Å². The molecule has 0 saturated heterocycles. The lowest BCUT2D eigenvalue weighted by atomic mass is 10.4. The van der Waals surface area contributed by atoms with Gasteiger partial charge in [-0.3, -0.25) is 0 Å². The van der Waals surface area contributed by atoms with E-state index in [9.17, 15) is 35.9 Å². The standard InChI is InChI=1S/C26H48F6O13Si4/c1-21(2)23(33)41-15-11-17-46(35-5,36-6)43-49(18-12-16-42-24(34)22(3)4,44-47(37-7,38-8)19-13-25(27,28)29)45-48(39-9,40-10)20-14-26(30,31)32/h1,3,11-20H2,2,4-10H3. The van der Waals surface area contributed by atoms with Gasteiger partial charge in [0.2, 0.25) is 0 Å². The Bertz CT molecular complexity index is 1020. The van der Waals surface area contributed by atoms with Crippen molar-refractivity contribution < 1.29 is 84.3 Å². The van der Waals surface area contributed by atoms with Gasteiger partial charge in [0, 0.05) is 90.8 Å². The second-order valence-electron chi connectivity index (χ2n) is 10.5. The second-order valence-corrected chi connectivity index (χ2v) is 22.9. The first kappa shape index (κ1) is 47.5. The van der Waals surface area contributed by atoms with Gasteiger partial charge in [-0.1, -0.05) is 13.2 Å². The Morgan fingerprint density at radius 1 is 0.510 bits per heavy atom. The van der Waals surface area contributed by atoms with Gasteiger partial charge in [0.05, 0.1) is 13.2 Å². The Labute approximate surface area is 287 Å². The average molecular weight is 795 g/mol. The van der Waals surface area contributed by atoms with Gasteiger partial charge >= 0.3 is 59.5 Å². The molecule has 0 rings (SSSR count). The summed E-state index contributed by atoms with van der Waals surface area (Å²) >= 11 is 0. The van der Waals surface area contributed by atoms with Gasteiger partial charge in [0.25, 0.3) is 0 Å². The number of hydrogen-bond acceptors (Lipinski definition) is 13. The van der Waals surface area contributed by atoms with Gasteiger partial charge in [-0.25, -0.2) is 9.59 Å². The maximum atomic E-state index is 13.5. The van der Waals surface area contributed by atoms with Crippen molar-refractivity contribution in [3.63, 3.8) is 0 Å². The molecule has 0 aromatic rings. The van der Waals surface area contributed by atoms with Gasteiger partial charge in [0.15, 0.2) is 0 Å². The molecule has 0 saturated carbocycles. The van der Waals surface area contributed by atoms with E-state index in [0.717, 1.165) is 28.4 Å². The van der Waals surface area contributed by atoms with E-state index in [4.69, 9.17) is 48.4 Å². The molecule has 49 heavy (non-hydrogen) atoms. The monoisotopic (exact) mass is 794 g/mol. The number of esters is 2. The minimum Gasteiger partial charge on any atom is -0.462 e. The first-order valence-electron chi connectivity index (χ1n) is 14.8. The van der Waals surface area contributed by atoms with E-state index in [1.54, 1.807) is 0 Å². The number of halogens is 6. The Kier molecular flexibility index (Phi) is 20.5. The SMILES string of the molecule is C=C(C)C(=O)OCCC[Si](OC)(OC)O[Si](CCCOC(=O)C(=C)C)(O[Si](CCC(F)(F)F)(OC)OC)O[Si](CCC(F)(F)F)(OC)OC. The molecule has 0 aromatic heterocycles. The highest BCUT2D eigenvalue weighted by atomic mass is 28.5. The summed E-state index contributed by atoms with van der Waals surface area (Å²) in [5.74, 6) is -1.44. The summed E-state index contributed by atoms with van der Waals surface area (Å²) in [7, 11) is -11.4. The van der Waals surface area contributed by atoms with Gasteiger partial charge < -0.3 is 48.4 Å². The molecular weight excluding hydrogens is 747 g/mol. The van der Waals surface area contributed by atoms with Gasteiger partial charge in [-0.15, -0.1) is 0 Å². The van der Waals surface area contributed by atoms with Gasteiger partial charge in [0.1, 0.15) is 0 Å². The predicted octanol–water partition coefficient (Wildman–Crippen LogP) is 5.59. The van der Waals surface area contributed by atoms with Crippen LogP contribution < -0.4 is 0 Å². The van der Waals surface area contributed by atoms with Gasteiger partial charge in [-0.05, 0) is 26.7 Å². The Hall–Kier alpha value is -1.49. The molecule has 23 heteroatoms. The normalized spacial score (nSPS) is 13.3. The number of alkyl halides is 6. The van der Waals surface area contributed by atoms with E-state index in [0.29, 0.717) is 0 Å². The first-order chi connectivity index (χ1) is 22.6. The van der Waals surface area contributed by atoms with Crippen LogP contribution >= 0.6 is 0 Å². The molecule has 0 bridgehead atoms. The van der Waals surface area contributed by atoms with Crippen molar-refractivity contribution in [1.82, 2.24) is 0 Å². The van der Waals surface area contributed by atoms with Crippen molar-refractivity contribution in [3.05, 3.63) is 24.3 Å². The molecule has 0 N–H and O–H groups in total. The highest BCUT2D eigenvalue weighted by molar-refractivity contribution is 6.85. The number of hydrogen-bond donors (Lipinski definition) is 0. The van der Waals surface area contributed by atoms with E-state index in [1.807, 2.05) is 0 Å². The zero-order valence-electron chi connectivity index (χ0n) is 29.1. The summed E-state index contributed by atoms with van der Waals surface area (Å²) in [6.45, 7) is 9.34. The van der Waals surface area contributed by atoms with Crippen LogP contribution in [-0.2, 0) is 58.0 Å². The highest BCUT2D eigenvalue weighted by Crippen LogP contribution is 2.38. The quantitative estimate of drug-likeness (QED) is 0.0354. The molecule has 0 unspecified atom stereocenters. The topological polar surface area (TPSA) is 136 Å². The Morgan fingerprint density at radius 3 is 1.02 bits per heavy atom. The molecule has 0 aromatic carbocycles. The van der Waals surface area contributed by atoms with Crippen LogP contribution in [0.25, 0.3) is 0 Å². The molecule has 13 nitrogen and oxygen atoms in total. The van der Waals surface area contributed by atoms with Crippen LogP contribution in [0, 0.1) is 0 Å². The summed E-state index contributed by atoms with van der Waals surface area (Å²) in [5, 5.41) is 0. The van der Waals surface area contributed by atoms with E-state index in [1.165, 1.54) is 28.1 Å². The zero-order valence-corrected chi connectivity index (χ0v) is 33.1. The molecule has 0 aliphatic rings. The summed E-state index contributed by atoms with van der Waals surface area (Å²) < 4.78 is 143. The highest BCUT2D eigenvalue weighted by Gasteiger charge is 2.63. The van der Waals surface area contributed by atoms with Crippen LogP contribution in [0.5, 0.6) is 0 Å². The molecule has 0 amide bonds. The molecule has 0 radical (unpaired) electrons. The van der Waals surface area contributed by atoms with Crippen molar-refractivity contribution in [2.75, 3.05) is 55.9 Å². The van der Waals surface area contributed by atoms with Crippen molar-refractivity contribution in [2.24, 2.45) is 0 Å². The fourth-order valence-corrected chi connectivity index (χ4v) is 19.8. The third kappa shape index (κ3) is 17.5. The fraction of sp³-hybridized carbons (Fsp3) is 0.769. The first-order valence-corrected chi connectivity index (χ1v) is 22.5. The van der Waals surface area contributed by atoms with E-state index in [2.05, 4.69) is 13.2 Å². The molecule has 288 valence electrons. The lowest BCUT2D eigenvalue weighted by Gasteiger charge is -2.44. The van der Waals surface area contributed by atoms with Crippen LogP contribution in [-0.4, -0.2) is 115 Å². The predicted molar refractivity (Wildman–Crippen MR) is 170 cm³/mol. The van der Waals surface area contributed by atoms with Gasteiger partial charge in [-0.2, -0.15) is 26.3 Å². The molecule has 0 atom stereocenters. The number of ether oxygens (including phenoxy) is 2. The largest absolute Gasteiger partial charge is 0.493 e. The summed E-state index contributed by atoms with van der Waals surface area (Å²) in [4.78, 5) is 24.0. The smallest absolute Gasteiger partial charge is 0.462 e. The lowest BCUT2D eigenvalue weighted by Crippen LogP contribution is -2.68. The van der Waals surface area contributed by atoms with Crippen LogP contribution in [0.3, 0.4) is 0 Å². The minimum absolute atomic E-state index is 0.0596. The minimum atomic E-state index is -4.85.